The van der Waals surface area contributed by atoms with E-state index in [4.69, 9.17) is 35.8 Å². The van der Waals surface area contributed by atoms with E-state index in [2.05, 4.69) is 38.3 Å². The lowest BCUT2D eigenvalue weighted by atomic mass is 9.49. The fraction of sp³-hybridized carbons (Fsp3) is 0.585. The van der Waals surface area contributed by atoms with Crippen molar-refractivity contribution in [3.63, 3.8) is 0 Å². The molecule has 14 heteroatoms. The third kappa shape index (κ3) is 10.5. The Morgan fingerprint density at radius 3 is 2.24 bits per heavy atom. The molecule has 55 heavy (non-hydrogen) atoms. The van der Waals surface area contributed by atoms with Crippen molar-refractivity contribution < 1.29 is 43.2 Å². The zero-order chi connectivity index (χ0) is 40.7. The predicted octanol–water partition coefficient (Wildman–Crippen LogP) is 5.06. The number of benzene rings is 2. The first-order valence-electron chi connectivity index (χ1n) is 18.6. The van der Waals surface area contributed by atoms with Crippen LogP contribution in [-0.4, -0.2) is 97.5 Å². The smallest absolute Gasteiger partial charge is 0.328 e. The van der Waals surface area contributed by atoms with Crippen LogP contribution in [0.15, 0.2) is 42.5 Å². The molecule has 1 aliphatic heterocycles. The van der Waals surface area contributed by atoms with Crippen molar-refractivity contribution >= 4 is 35.3 Å². The lowest BCUT2D eigenvalue weighted by Crippen LogP contribution is -2.74. The summed E-state index contributed by atoms with van der Waals surface area (Å²) < 4.78 is 22.6. The summed E-state index contributed by atoms with van der Waals surface area (Å²) in [6.07, 6.45) is 1.28. The molecule has 1 saturated heterocycles. The van der Waals surface area contributed by atoms with Crippen LogP contribution in [0.4, 0.5) is 0 Å². The van der Waals surface area contributed by atoms with Gasteiger partial charge in [0.25, 0.3) is 5.91 Å². The van der Waals surface area contributed by atoms with Crippen LogP contribution in [0.3, 0.4) is 0 Å². The predicted molar refractivity (Wildman–Crippen MR) is 206 cm³/mol. The molecular weight excluding hydrogens is 728 g/mol. The number of carbonyl (C=O) groups is 4. The Kier molecular flexibility index (Phi) is 14.2. The van der Waals surface area contributed by atoms with Gasteiger partial charge < -0.3 is 39.6 Å². The molecule has 0 bridgehead atoms. The Bertz CT molecular complexity index is 1720. The monoisotopic (exact) mass is 782 g/mol. The Morgan fingerprint density at radius 1 is 1.00 bits per heavy atom. The largest absolute Gasteiger partial charge is 0.494 e. The number of unbranched alkanes of at least 4 members (excludes halogenated alkanes) is 2. The third-order valence-electron chi connectivity index (χ3n) is 10.4. The summed E-state index contributed by atoms with van der Waals surface area (Å²) in [6, 6.07) is 12.1. The highest BCUT2D eigenvalue weighted by atomic mass is 35.5. The molecule has 2 fully saturated rings. The number of nitriles is 1. The Labute approximate surface area is 329 Å². The van der Waals surface area contributed by atoms with Gasteiger partial charge in [-0.1, -0.05) is 60.1 Å². The number of β-amino-alcohol motifs (C(OH)–C–C–N with tert-alkyl or cyclic N) is 1. The van der Waals surface area contributed by atoms with Gasteiger partial charge in [0.05, 0.1) is 30.4 Å². The maximum atomic E-state index is 13.4. The first-order valence-corrected chi connectivity index (χ1v) is 19.0. The van der Waals surface area contributed by atoms with E-state index >= 15 is 0 Å². The van der Waals surface area contributed by atoms with Gasteiger partial charge in [-0.15, -0.1) is 0 Å². The highest BCUT2D eigenvalue weighted by molar-refractivity contribution is 6.31. The molecule has 1 aliphatic carbocycles. The third-order valence-corrected chi connectivity index (χ3v) is 10.7. The Balaban J connectivity index is 1.14. The van der Waals surface area contributed by atoms with Crippen LogP contribution < -0.4 is 20.1 Å². The normalized spacial score (nSPS) is 21.7. The Hall–Kier alpha value is -4.38. The number of nitrogens with zero attached hydrogens (tertiary/aromatic N) is 2. The second-order valence-electron chi connectivity index (χ2n) is 16.6. The van der Waals surface area contributed by atoms with E-state index in [0.29, 0.717) is 47.3 Å². The van der Waals surface area contributed by atoms with Gasteiger partial charge in [-0.2, -0.15) is 5.26 Å². The number of hydrogen-bond acceptors (Lipinski definition) is 10. The quantitative estimate of drug-likeness (QED) is 0.154. The van der Waals surface area contributed by atoms with Gasteiger partial charge in [0.2, 0.25) is 11.8 Å². The second-order valence-corrected chi connectivity index (χ2v) is 17.0. The number of likely N-dealkylation sites (tertiary alicyclic amines) is 1. The van der Waals surface area contributed by atoms with Crippen LogP contribution in [0.25, 0.3) is 0 Å². The average Bonchev–Trinajstić information content (AvgIpc) is 3.53. The van der Waals surface area contributed by atoms with E-state index in [1.54, 1.807) is 42.5 Å². The van der Waals surface area contributed by atoms with Gasteiger partial charge in [0.15, 0.2) is 0 Å². The fourth-order valence-corrected chi connectivity index (χ4v) is 8.00. The number of amides is 3. The molecule has 2 aliphatic rings. The molecule has 3 atom stereocenters. The number of aliphatic hydroxyl groups is 1. The topological polar surface area (TPSA) is 177 Å². The molecule has 1 saturated carbocycles. The highest BCUT2D eigenvalue weighted by Gasteiger charge is 2.64. The van der Waals surface area contributed by atoms with Gasteiger partial charge in [0, 0.05) is 48.1 Å². The van der Waals surface area contributed by atoms with E-state index in [1.165, 1.54) is 12.0 Å². The van der Waals surface area contributed by atoms with Gasteiger partial charge in [-0.3, -0.25) is 14.4 Å². The molecule has 2 aromatic carbocycles. The first kappa shape index (κ1) is 43.3. The van der Waals surface area contributed by atoms with Crippen molar-refractivity contribution in [2.45, 2.75) is 104 Å². The van der Waals surface area contributed by atoms with Crippen molar-refractivity contribution in [2.24, 2.45) is 16.2 Å². The molecule has 0 aromatic heterocycles. The summed E-state index contributed by atoms with van der Waals surface area (Å²) in [5.74, 6) is -0.487. The summed E-state index contributed by atoms with van der Waals surface area (Å²) in [6.45, 7) is 14.2. The van der Waals surface area contributed by atoms with Crippen LogP contribution in [0, 0.1) is 27.6 Å². The summed E-state index contributed by atoms with van der Waals surface area (Å²) >= 11 is 6.21. The molecule has 13 nitrogen and oxygen atoms in total. The minimum atomic E-state index is -0.931. The van der Waals surface area contributed by atoms with E-state index in [0.717, 1.165) is 12.8 Å². The number of aliphatic hydroxyl groups excluding tert-OH is 1. The molecule has 0 spiro atoms. The van der Waals surface area contributed by atoms with Crippen LogP contribution in [0.2, 0.25) is 5.02 Å². The van der Waals surface area contributed by atoms with E-state index in [-0.39, 0.29) is 48.5 Å². The van der Waals surface area contributed by atoms with Crippen molar-refractivity contribution in [3.05, 3.63) is 58.6 Å². The van der Waals surface area contributed by atoms with E-state index < -0.39 is 41.4 Å². The molecule has 3 N–H and O–H groups in total. The Morgan fingerprint density at radius 2 is 1.64 bits per heavy atom. The molecule has 4 rings (SSSR count). The molecule has 0 radical (unpaired) electrons. The number of halogens is 1. The number of nitrogens with one attached hydrogen (secondary N) is 2. The van der Waals surface area contributed by atoms with Gasteiger partial charge in [-0.05, 0) is 61.1 Å². The van der Waals surface area contributed by atoms with Gasteiger partial charge in [-0.25, -0.2) is 4.79 Å². The van der Waals surface area contributed by atoms with Gasteiger partial charge >= 0.3 is 5.97 Å². The first-order chi connectivity index (χ1) is 25.8. The zero-order valence-corrected chi connectivity index (χ0v) is 33.8. The molecule has 1 heterocycles. The number of ether oxygens (including phenoxy) is 4. The molecule has 0 unspecified atom stereocenters. The van der Waals surface area contributed by atoms with Crippen LogP contribution in [0.1, 0.15) is 90.1 Å². The summed E-state index contributed by atoms with van der Waals surface area (Å²) in [5.41, 5.74) is -0.529. The van der Waals surface area contributed by atoms with Crippen LogP contribution in [-0.2, 0) is 23.9 Å². The summed E-state index contributed by atoms with van der Waals surface area (Å²) in [4.78, 5) is 52.9. The maximum Gasteiger partial charge on any atom is 0.328 e. The molecular formula is C41H55ClN4O9. The highest BCUT2D eigenvalue weighted by Crippen LogP contribution is 2.55. The summed E-state index contributed by atoms with van der Waals surface area (Å²) in [5, 5.41) is 25.6. The molecule has 300 valence electrons. The number of carbonyl (C=O) groups excluding carboxylic acids is 4. The van der Waals surface area contributed by atoms with E-state index in [1.807, 2.05) is 26.8 Å². The number of esters is 1. The standard InChI is InChI=1S/C41H55ClN4O9/c1-39(2,3)33(35(50)46-23-27(47)20-31(46)36(51)52-8)44-32(48)24-53-18-10-9-11-19-54-28-15-12-25(13-16-28)34(49)45-37-40(4,5)38(41(37,6)7)55-29-17-14-26(22-43)30(42)21-29/h12-17,21,27,31,33,37-38,47H,9-11,18-20,23-24H2,1-8H3,(H,44,48)(H,45,49)/t27-,31+,33-,37-,38-/m1/s1. The van der Waals surface area contributed by atoms with Crippen molar-refractivity contribution in [3.8, 4) is 17.6 Å². The van der Waals surface area contributed by atoms with Gasteiger partial charge in [0.1, 0.15) is 42.4 Å². The minimum absolute atomic E-state index is 0.0142. The average molecular weight is 783 g/mol. The van der Waals surface area contributed by atoms with Crippen LogP contribution in [0.5, 0.6) is 11.5 Å². The van der Waals surface area contributed by atoms with E-state index in [9.17, 15) is 24.3 Å². The number of hydrogen-bond donors (Lipinski definition) is 3. The number of methoxy groups -OCH3 is 1. The zero-order valence-electron chi connectivity index (χ0n) is 33.1. The second kappa shape index (κ2) is 18.0. The lowest BCUT2D eigenvalue weighted by molar-refractivity contribution is -0.164. The fourth-order valence-electron chi connectivity index (χ4n) is 7.78. The minimum Gasteiger partial charge on any atom is -0.494 e. The maximum absolute atomic E-state index is 13.4. The van der Waals surface area contributed by atoms with Crippen molar-refractivity contribution in [1.82, 2.24) is 15.5 Å². The van der Waals surface area contributed by atoms with Crippen LogP contribution >= 0.6 is 11.6 Å². The lowest BCUT2D eigenvalue weighted by Gasteiger charge is -2.63. The summed E-state index contributed by atoms with van der Waals surface area (Å²) in [7, 11) is 1.23. The van der Waals surface area contributed by atoms with Crippen molar-refractivity contribution in [1.29, 1.82) is 5.26 Å². The molecule has 3 amide bonds. The number of rotatable bonds is 16. The molecule has 2 aromatic rings. The SMILES string of the molecule is COC(=O)[C@@H]1C[C@@H](O)CN1C(=O)[C@@H](NC(=O)COCCCCCOc1ccc(C(=O)N[C@H]2C(C)(C)[C@H](Oc3ccc(C#N)c(Cl)c3)C2(C)C)cc1)C(C)(C)C. The van der Waals surface area contributed by atoms with Crippen molar-refractivity contribution in [2.75, 3.05) is 33.5 Å².